The highest BCUT2D eigenvalue weighted by Crippen LogP contribution is 2.36. The summed E-state index contributed by atoms with van der Waals surface area (Å²) < 4.78 is 18.1. The number of nitrogens with zero attached hydrogens (tertiary/aromatic N) is 4. The first-order chi connectivity index (χ1) is 16.8. The summed E-state index contributed by atoms with van der Waals surface area (Å²) in [6.07, 6.45) is 1.85. The molecule has 0 aliphatic carbocycles. The molecule has 0 saturated heterocycles. The van der Waals surface area contributed by atoms with Gasteiger partial charge < -0.3 is 18.8 Å². The Hall–Kier alpha value is -3.92. The number of hydrogen-bond donors (Lipinski definition) is 0. The minimum absolute atomic E-state index is 0.219. The van der Waals surface area contributed by atoms with E-state index in [-0.39, 0.29) is 19.3 Å². The normalized spacial score (nSPS) is 15.8. The van der Waals surface area contributed by atoms with Crippen molar-refractivity contribution < 1.29 is 23.8 Å². The first-order valence-electron chi connectivity index (χ1n) is 11.1. The summed E-state index contributed by atoms with van der Waals surface area (Å²) in [7, 11) is 0. The Morgan fingerprint density at radius 3 is 2.71 bits per heavy atom. The van der Waals surface area contributed by atoms with Gasteiger partial charge in [-0.1, -0.05) is 11.3 Å². The van der Waals surface area contributed by atoms with Crippen LogP contribution in [-0.2, 0) is 9.53 Å². The van der Waals surface area contributed by atoms with E-state index in [2.05, 4.69) is 14.7 Å². The number of aromatic nitrogens is 2. The zero-order chi connectivity index (χ0) is 24.9. The highest BCUT2D eigenvalue weighted by Gasteiger charge is 2.32. The van der Waals surface area contributed by atoms with Crippen LogP contribution >= 0.6 is 11.3 Å². The van der Waals surface area contributed by atoms with Crippen molar-refractivity contribution in [2.24, 2.45) is 5.10 Å². The number of rotatable bonds is 5. The molecule has 0 saturated carbocycles. The lowest BCUT2D eigenvalue weighted by Gasteiger charge is -2.10. The summed E-state index contributed by atoms with van der Waals surface area (Å²) in [6, 6.07) is 7.85. The quantitative estimate of drug-likeness (QED) is 0.382. The SMILES string of the molecule is CCOC(=O)c1sc(N2N=C(C)/C(=C/c3cc(C)n(-c4ccc5c(c4)OCO5)c3C)C2=O)nc1C. The summed E-state index contributed by atoms with van der Waals surface area (Å²) in [4.78, 5) is 30.2. The zero-order valence-electron chi connectivity index (χ0n) is 20.0. The molecule has 2 aliphatic rings. The number of anilines is 1. The van der Waals surface area contributed by atoms with E-state index in [0.717, 1.165) is 39.7 Å². The third-order valence-corrected chi connectivity index (χ3v) is 6.99. The Labute approximate surface area is 206 Å². The van der Waals surface area contributed by atoms with Crippen LogP contribution in [-0.4, -0.2) is 40.5 Å². The van der Waals surface area contributed by atoms with E-state index >= 15 is 0 Å². The maximum atomic E-state index is 13.3. The van der Waals surface area contributed by atoms with Crippen molar-refractivity contribution in [2.45, 2.75) is 34.6 Å². The topological polar surface area (TPSA) is 95.3 Å². The molecule has 10 heteroatoms. The number of ether oxygens (including phenoxy) is 3. The third-order valence-electron chi connectivity index (χ3n) is 5.87. The van der Waals surface area contributed by atoms with Crippen LogP contribution in [0.3, 0.4) is 0 Å². The second-order valence-corrected chi connectivity index (χ2v) is 9.17. The van der Waals surface area contributed by atoms with Gasteiger partial charge in [0.15, 0.2) is 11.5 Å². The van der Waals surface area contributed by atoms with Crippen LogP contribution in [0, 0.1) is 20.8 Å². The van der Waals surface area contributed by atoms with Crippen molar-refractivity contribution >= 4 is 40.1 Å². The third kappa shape index (κ3) is 3.89. The van der Waals surface area contributed by atoms with Gasteiger partial charge in [0.1, 0.15) is 4.88 Å². The zero-order valence-corrected chi connectivity index (χ0v) is 20.9. The van der Waals surface area contributed by atoms with Gasteiger partial charge in [-0.3, -0.25) is 4.79 Å². The number of aryl methyl sites for hydroxylation is 2. The van der Waals surface area contributed by atoms with Gasteiger partial charge >= 0.3 is 5.97 Å². The van der Waals surface area contributed by atoms with Crippen LogP contribution in [0.25, 0.3) is 11.8 Å². The summed E-state index contributed by atoms with van der Waals surface area (Å²) in [5.74, 6) is 0.693. The molecule has 1 aromatic carbocycles. The van der Waals surface area contributed by atoms with Gasteiger partial charge in [0.05, 0.1) is 23.6 Å². The molecule has 2 aromatic heterocycles. The average molecular weight is 493 g/mol. The molecule has 0 N–H and O–H groups in total. The van der Waals surface area contributed by atoms with Crippen molar-refractivity contribution in [3.63, 3.8) is 0 Å². The first kappa shape index (κ1) is 22.9. The molecule has 0 atom stereocenters. The fourth-order valence-electron chi connectivity index (χ4n) is 4.18. The van der Waals surface area contributed by atoms with Crippen LogP contribution in [0.4, 0.5) is 5.13 Å². The van der Waals surface area contributed by atoms with Crippen LogP contribution in [0.15, 0.2) is 34.9 Å². The Kier molecular flexibility index (Phi) is 5.68. The van der Waals surface area contributed by atoms with Crippen molar-refractivity contribution in [3.05, 3.63) is 57.4 Å². The summed E-state index contributed by atoms with van der Waals surface area (Å²) >= 11 is 1.09. The van der Waals surface area contributed by atoms with Crippen molar-refractivity contribution in [1.29, 1.82) is 0 Å². The molecule has 0 bridgehead atoms. The van der Waals surface area contributed by atoms with Gasteiger partial charge in [0.2, 0.25) is 11.9 Å². The summed E-state index contributed by atoms with van der Waals surface area (Å²) in [6.45, 7) is 9.74. The van der Waals surface area contributed by atoms with Gasteiger partial charge in [-0.05, 0) is 64.5 Å². The first-order valence-corrected chi connectivity index (χ1v) is 12.0. The lowest BCUT2D eigenvalue weighted by molar-refractivity contribution is -0.114. The summed E-state index contributed by atoms with van der Waals surface area (Å²) in [5, 5.41) is 6.01. The van der Waals surface area contributed by atoms with Crippen LogP contribution in [0.5, 0.6) is 11.5 Å². The highest BCUT2D eigenvalue weighted by molar-refractivity contribution is 7.17. The van der Waals surface area contributed by atoms with Gasteiger partial charge in [0, 0.05) is 23.1 Å². The summed E-state index contributed by atoms with van der Waals surface area (Å²) in [5.41, 5.74) is 5.40. The molecule has 2 aliphatic heterocycles. The number of benzene rings is 1. The standard InChI is InChI=1S/C25H24N4O5S/c1-6-32-24(31)22-15(4)26-25(35-22)29-23(30)19(14(3)27-29)10-17-9-13(2)28(16(17)5)18-7-8-20-21(11-18)34-12-33-20/h7-11H,6,12H2,1-5H3/b19-10-. The number of thiazole rings is 1. The molecule has 9 nitrogen and oxygen atoms in total. The lowest BCUT2D eigenvalue weighted by atomic mass is 10.1. The smallest absolute Gasteiger partial charge is 0.350 e. The molecule has 3 aromatic rings. The van der Waals surface area contributed by atoms with E-state index in [0.29, 0.717) is 32.7 Å². The van der Waals surface area contributed by atoms with Crippen LogP contribution < -0.4 is 14.5 Å². The van der Waals surface area contributed by atoms with Crippen molar-refractivity contribution in [3.8, 4) is 17.2 Å². The Morgan fingerprint density at radius 1 is 1.17 bits per heavy atom. The molecule has 5 rings (SSSR count). The largest absolute Gasteiger partial charge is 0.462 e. The van der Waals surface area contributed by atoms with Gasteiger partial charge in [-0.15, -0.1) is 0 Å². The number of esters is 1. The predicted octanol–water partition coefficient (Wildman–Crippen LogP) is 4.57. The second kappa shape index (κ2) is 8.70. The van der Waals surface area contributed by atoms with Crippen LogP contribution in [0.2, 0.25) is 0 Å². The van der Waals surface area contributed by atoms with Crippen LogP contribution in [0.1, 0.15) is 46.2 Å². The van der Waals surface area contributed by atoms with Crippen molar-refractivity contribution in [1.82, 2.24) is 9.55 Å². The fourth-order valence-corrected chi connectivity index (χ4v) is 5.09. The molecule has 0 unspecified atom stereocenters. The molecule has 0 radical (unpaired) electrons. The molecule has 1 amide bonds. The maximum absolute atomic E-state index is 13.3. The number of hydrazone groups is 1. The Morgan fingerprint density at radius 2 is 1.94 bits per heavy atom. The average Bonchev–Trinajstić information content (AvgIpc) is 3.56. The van der Waals surface area contributed by atoms with E-state index in [1.807, 2.05) is 44.2 Å². The van der Waals surface area contributed by atoms with Gasteiger partial charge in [-0.25, -0.2) is 9.78 Å². The van der Waals surface area contributed by atoms with E-state index in [1.165, 1.54) is 5.01 Å². The number of carbonyl (C=O) groups excluding carboxylic acids is 2. The Balaban J connectivity index is 1.46. The van der Waals surface area contributed by atoms with E-state index in [9.17, 15) is 9.59 Å². The molecule has 0 fully saturated rings. The number of carbonyl (C=O) groups is 2. The molecule has 180 valence electrons. The minimum Gasteiger partial charge on any atom is -0.462 e. The monoisotopic (exact) mass is 492 g/mol. The molecule has 35 heavy (non-hydrogen) atoms. The molecule has 0 spiro atoms. The number of hydrogen-bond acceptors (Lipinski definition) is 8. The van der Waals surface area contributed by atoms with Gasteiger partial charge in [0.25, 0.3) is 5.91 Å². The highest BCUT2D eigenvalue weighted by atomic mass is 32.1. The van der Waals surface area contributed by atoms with Crippen molar-refractivity contribution in [2.75, 3.05) is 18.4 Å². The maximum Gasteiger partial charge on any atom is 0.350 e. The number of amides is 1. The predicted molar refractivity (Wildman–Crippen MR) is 133 cm³/mol. The fraction of sp³-hybridized carbons (Fsp3) is 0.280. The van der Waals surface area contributed by atoms with Gasteiger partial charge in [-0.2, -0.15) is 10.1 Å². The Bertz CT molecular complexity index is 1430. The van der Waals surface area contributed by atoms with E-state index in [1.54, 1.807) is 20.8 Å². The van der Waals surface area contributed by atoms with E-state index in [4.69, 9.17) is 14.2 Å². The second-order valence-electron chi connectivity index (χ2n) is 8.19. The van der Waals surface area contributed by atoms with E-state index < -0.39 is 5.97 Å². The number of fused-ring (bicyclic) bond motifs is 1. The lowest BCUT2D eigenvalue weighted by Crippen LogP contribution is -2.21. The molecular weight excluding hydrogens is 468 g/mol. The molecule has 4 heterocycles. The molecular formula is C25H24N4O5S. The minimum atomic E-state index is -0.451.